The zero-order valence-corrected chi connectivity index (χ0v) is 7.22. The van der Waals surface area contributed by atoms with Gasteiger partial charge in [-0.1, -0.05) is 0 Å². The molecule has 74 valence electrons. The zero-order valence-electron chi connectivity index (χ0n) is 7.22. The van der Waals surface area contributed by atoms with Crippen molar-refractivity contribution in [3.05, 3.63) is 0 Å². The Labute approximate surface area is 74.9 Å². The smallest absolute Gasteiger partial charge is 0.307 e. The van der Waals surface area contributed by atoms with E-state index in [4.69, 9.17) is 5.11 Å². The van der Waals surface area contributed by atoms with Crippen molar-refractivity contribution < 1.29 is 18.7 Å². The molecule has 2 nitrogen and oxygen atoms in total. The predicted octanol–water partition coefficient (Wildman–Crippen LogP) is 2.29. The van der Waals surface area contributed by atoms with Crippen molar-refractivity contribution in [2.45, 2.75) is 38.0 Å². The van der Waals surface area contributed by atoms with E-state index in [1.807, 2.05) is 0 Å². The molecule has 1 spiro atoms. The Kier molecular flexibility index (Phi) is 1.66. The number of carboxylic acids is 1. The summed E-state index contributed by atoms with van der Waals surface area (Å²) >= 11 is 0. The molecule has 0 aromatic carbocycles. The van der Waals surface area contributed by atoms with Crippen LogP contribution < -0.4 is 0 Å². The topological polar surface area (TPSA) is 37.3 Å². The van der Waals surface area contributed by atoms with E-state index in [9.17, 15) is 13.6 Å². The number of aliphatic carboxylic acids is 1. The Hall–Kier alpha value is -0.670. The van der Waals surface area contributed by atoms with Gasteiger partial charge in [-0.15, -0.1) is 0 Å². The highest BCUT2D eigenvalue weighted by Gasteiger charge is 2.61. The summed E-state index contributed by atoms with van der Waals surface area (Å²) < 4.78 is 25.5. The molecule has 2 saturated carbocycles. The van der Waals surface area contributed by atoms with Gasteiger partial charge in [0, 0.05) is 12.8 Å². The molecule has 0 radical (unpaired) electrons. The summed E-state index contributed by atoms with van der Waals surface area (Å²) in [5, 5.41) is 8.71. The lowest BCUT2D eigenvalue weighted by Crippen LogP contribution is -2.27. The van der Waals surface area contributed by atoms with Gasteiger partial charge in [0.1, 0.15) is 0 Å². The number of hydrogen-bond acceptors (Lipinski definition) is 1. The third-order valence-corrected chi connectivity index (χ3v) is 3.47. The minimum atomic E-state index is -2.54. The lowest BCUT2D eigenvalue weighted by molar-refractivity contribution is -0.140. The summed E-state index contributed by atoms with van der Waals surface area (Å²) in [5.41, 5.74) is -0.256. The first kappa shape index (κ1) is 8.91. The van der Waals surface area contributed by atoms with Gasteiger partial charge >= 0.3 is 5.97 Å². The number of hydrogen-bond donors (Lipinski definition) is 1. The molecule has 0 bridgehead atoms. The van der Waals surface area contributed by atoms with Crippen LogP contribution in [-0.2, 0) is 4.79 Å². The maximum absolute atomic E-state index is 12.8. The highest BCUT2D eigenvalue weighted by Crippen LogP contribution is 2.63. The Balaban J connectivity index is 1.97. The van der Waals surface area contributed by atoms with Gasteiger partial charge in [0.05, 0.1) is 5.92 Å². The highest BCUT2D eigenvalue weighted by atomic mass is 19.3. The quantitative estimate of drug-likeness (QED) is 0.688. The van der Waals surface area contributed by atoms with Crippen LogP contribution in [0.15, 0.2) is 0 Å². The van der Waals surface area contributed by atoms with E-state index >= 15 is 0 Å². The molecule has 1 N–H and O–H groups in total. The molecule has 2 aliphatic rings. The third-order valence-electron chi connectivity index (χ3n) is 3.47. The van der Waals surface area contributed by atoms with Crippen LogP contribution in [-0.4, -0.2) is 17.0 Å². The summed E-state index contributed by atoms with van der Waals surface area (Å²) in [6.07, 6.45) is 1.12. The van der Waals surface area contributed by atoms with Crippen LogP contribution >= 0.6 is 0 Å². The molecule has 13 heavy (non-hydrogen) atoms. The third kappa shape index (κ3) is 1.42. The Morgan fingerprint density at radius 1 is 1.23 bits per heavy atom. The molecule has 0 aromatic heterocycles. The van der Waals surface area contributed by atoms with Gasteiger partial charge in [0.15, 0.2) is 0 Å². The van der Waals surface area contributed by atoms with E-state index in [1.54, 1.807) is 0 Å². The molecule has 0 heterocycles. The molecule has 2 aliphatic carbocycles. The Morgan fingerprint density at radius 2 is 1.77 bits per heavy atom. The first-order valence-corrected chi connectivity index (χ1v) is 4.56. The molecule has 1 atom stereocenters. The fraction of sp³-hybridized carbons (Fsp3) is 0.889. The van der Waals surface area contributed by atoms with Gasteiger partial charge in [-0.05, 0) is 24.7 Å². The van der Waals surface area contributed by atoms with Crippen LogP contribution in [0.3, 0.4) is 0 Å². The molecule has 1 unspecified atom stereocenters. The van der Waals surface area contributed by atoms with Gasteiger partial charge in [-0.3, -0.25) is 4.79 Å². The first-order valence-electron chi connectivity index (χ1n) is 4.56. The average molecular weight is 190 g/mol. The van der Waals surface area contributed by atoms with Crippen molar-refractivity contribution in [2.24, 2.45) is 11.3 Å². The van der Waals surface area contributed by atoms with E-state index < -0.39 is 11.9 Å². The fourth-order valence-electron chi connectivity index (χ4n) is 2.36. The molecular formula is C9H12F2O2. The Morgan fingerprint density at radius 3 is 2.15 bits per heavy atom. The number of halogens is 2. The summed E-state index contributed by atoms with van der Waals surface area (Å²) in [5.74, 6) is -3.70. The van der Waals surface area contributed by atoms with Crippen molar-refractivity contribution in [1.29, 1.82) is 0 Å². The number of carboxylic acid groups (broad SMARTS) is 1. The summed E-state index contributed by atoms with van der Waals surface area (Å²) in [7, 11) is 0. The molecule has 0 aliphatic heterocycles. The highest BCUT2D eigenvalue weighted by molar-refractivity contribution is 5.74. The standard InChI is InChI=1S/C9H12F2O2/c10-9(11)3-1-8(2-4-9)5-6(8)7(12)13/h6H,1-5H2,(H,12,13). The van der Waals surface area contributed by atoms with E-state index in [2.05, 4.69) is 0 Å². The van der Waals surface area contributed by atoms with Gasteiger partial charge in [-0.25, -0.2) is 8.78 Å². The summed E-state index contributed by atoms with van der Waals surface area (Å²) in [4.78, 5) is 10.6. The van der Waals surface area contributed by atoms with E-state index in [0.29, 0.717) is 19.3 Å². The number of rotatable bonds is 1. The molecule has 4 heteroatoms. The minimum absolute atomic E-state index is 0.128. The molecule has 2 fully saturated rings. The van der Waals surface area contributed by atoms with Gasteiger partial charge < -0.3 is 5.11 Å². The molecule has 0 amide bonds. The molecule has 0 aromatic rings. The van der Waals surface area contributed by atoms with Crippen LogP contribution in [0, 0.1) is 11.3 Å². The summed E-state index contributed by atoms with van der Waals surface area (Å²) in [6, 6.07) is 0. The number of alkyl halides is 2. The molecule has 2 rings (SSSR count). The van der Waals surface area contributed by atoms with Crippen LogP contribution in [0.2, 0.25) is 0 Å². The number of carbonyl (C=O) groups is 1. The predicted molar refractivity (Wildman–Crippen MR) is 41.6 cm³/mol. The first-order chi connectivity index (χ1) is 5.95. The normalized spacial score (nSPS) is 34.5. The van der Waals surface area contributed by atoms with Crippen LogP contribution in [0.25, 0.3) is 0 Å². The van der Waals surface area contributed by atoms with Crippen LogP contribution in [0.1, 0.15) is 32.1 Å². The van der Waals surface area contributed by atoms with Crippen LogP contribution in [0.4, 0.5) is 8.78 Å². The second-order valence-corrected chi connectivity index (χ2v) is 4.31. The maximum Gasteiger partial charge on any atom is 0.307 e. The van der Waals surface area contributed by atoms with E-state index in [0.717, 1.165) is 0 Å². The monoisotopic (exact) mass is 190 g/mol. The SMILES string of the molecule is O=C(O)C1CC12CCC(F)(F)CC2. The van der Waals surface area contributed by atoms with Crippen molar-refractivity contribution in [3.63, 3.8) is 0 Å². The van der Waals surface area contributed by atoms with Gasteiger partial charge in [0.2, 0.25) is 5.92 Å². The van der Waals surface area contributed by atoms with Crippen molar-refractivity contribution >= 4 is 5.97 Å². The van der Waals surface area contributed by atoms with Crippen LogP contribution in [0.5, 0.6) is 0 Å². The van der Waals surface area contributed by atoms with E-state index in [-0.39, 0.29) is 24.2 Å². The van der Waals surface area contributed by atoms with Crippen molar-refractivity contribution in [1.82, 2.24) is 0 Å². The van der Waals surface area contributed by atoms with Gasteiger partial charge in [0.25, 0.3) is 0 Å². The minimum Gasteiger partial charge on any atom is -0.481 e. The molecule has 0 saturated heterocycles. The second-order valence-electron chi connectivity index (χ2n) is 4.31. The zero-order chi connectivity index (χ0) is 9.69. The second kappa shape index (κ2) is 2.42. The maximum atomic E-state index is 12.8. The van der Waals surface area contributed by atoms with Crippen molar-refractivity contribution in [3.8, 4) is 0 Å². The fourth-order valence-corrected chi connectivity index (χ4v) is 2.36. The Bertz CT molecular complexity index is 240. The largest absolute Gasteiger partial charge is 0.481 e. The van der Waals surface area contributed by atoms with Gasteiger partial charge in [-0.2, -0.15) is 0 Å². The average Bonchev–Trinajstić information content (AvgIpc) is 2.72. The lowest BCUT2D eigenvalue weighted by Gasteiger charge is -2.28. The lowest BCUT2D eigenvalue weighted by atomic mass is 9.82. The summed E-state index contributed by atoms with van der Waals surface area (Å²) in [6.45, 7) is 0. The van der Waals surface area contributed by atoms with E-state index in [1.165, 1.54) is 0 Å². The van der Waals surface area contributed by atoms with Crippen molar-refractivity contribution in [2.75, 3.05) is 0 Å². The molecular weight excluding hydrogens is 178 g/mol.